The molecule has 0 aliphatic carbocycles. The molecule has 0 atom stereocenters. The third kappa shape index (κ3) is 2.24. The van der Waals surface area contributed by atoms with Gasteiger partial charge in [-0.3, -0.25) is 4.79 Å². The second-order valence-electron chi connectivity index (χ2n) is 6.30. The first kappa shape index (κ1) is 13.9. The molecule has 1 aromatic carbocycles. The molecule has 1 aromatic heterocycles. The van der Waals surface area contributed by atoms with Crippen LogP contribution in [0.2, 0.25) is 0 Å². The Morgan fingerprint density at radius 3 is 2.71 bits per heavy atom. The second kappa shape index (κ2) is 4.72. The van der Waals surface area contributed by atoms with Gasteiger partial charge in [0.05, 0.1) is 11.4 Å². The summed E-state index contributed by atoms with van der Waals surface area (Å²) in [4.78, 5) is 12.5. The van der Waals surface area contributed by atoms with Gasteiger partial charge in [-0.05, 0) is 17.7 Å². The fourth-order valence-electron chi connectivity index (χ4n) is 3.13. The van der Waals surface area contributed by atoms with E-state index in [2.05, 4.69) is 19.2 Å². The fourth-order valence-corrected chi connectivity index (χ4v) is 3.13. The first-order valence-electron chi connectivity index (χ1n) is 7.11. The van der Waals surface area contributed by atoms with E-state index in [-0.39, 0.29) is 16.8 Å². The van der Waals surface area contributed by atoms with Crippen molar-refractivity contribution in [1.29, 1.82) is 0 Å². The van der Waals surface area contributed by atoms with Crippen LogP contribution < -0.4 is 10.9 Å². The number of hydrogen-bond donors (Lipinski definition) is 1. The fraction of sp³-hybridized carbons (Fsp3) is 0.353. The summed E-state index contributed by atoms with van der Waals surface area (Å²) in [6.45, 7) is 5.03. The maximum Gasteiger partial charge on any atom is 0.254 e. The highest BCUT2D eigenvalue weighted by molar-refractivity contribution is 5.58. The molecule has 0 amide bonds. The van der Waals surface area contributed by atoms with E-state index in [1.165, 1.54) is 6.07 Å². The van der Waals surface area contributed by atoms with E-state index in [0.717, 1.165) is 17.9 Å². The number of halogens is 1. The third-order valence-corrected chi connectivity index (χ3v) is 4.19. The molecular weight excluding hydrogens is 267 g/mol. The molecule has 3 nitrogen and oxygen atoms in total. The lowest BCUT2D eigenvalue weighted by atomic mass is 9.90. The Morgan fingerprint density at radius 1 is 1.29 bits per heavy atom. The molecule has 21 heavy (non-hydrogen) atoms. The number of hydrogen-bond acceptors (Lipinski definition) is 2. The zero-order valence-electron chi connectivity index (χ0n) is 12.5. The van der Waals surface area contributed by atoms with Crippen LogP contribution in [0.5, 0.6) is 0 Å². The van der Waals surface area contributed by atoms with E-state index in [1.54, 1.807) is 29.8 Å². The largest absolute Gasteiger partial charge is 0.383 e. The molecule has 0 bridgehead atoms. The van der Waals surface area contributed by atoms with E-state index < -0.39 is 0 Å². The Kier molecular flexibility index (Phi) is 3.12. The van der Waals surface area contributed by atoms with Crippen molar-refractivity contribution in [2.24, 2.45) is 7.05 Å². The smallest absolute Gasteiger partial charge is 0.254 e. The zero-order chi connectivity index (χ0) is 15.2. The van der Waals surface area contributed by atoms with Crippen LogP contribution in [0.15, 0.2) is 35.1 Å². The molecule has 110 valence electrons. The summed E-state index contributed by atoms with van der Waals surface area (Å²) in [6, 6.07) is 8.47. The number of benzene rings is 1. The molecule has 4 heteroatoms. The summed E-state index contributed by atoms with van der Waals surface area (Å²) >= 11 is 0. The van der Waals surface area contributed by atoms with Crippen molar-refractivity contribution in [2.75, 3.05) is 11.9 Å². The van der Waals surface area contributed by atoms with E-state index in [0.29, 0.717) is 17.5 Å². The van der Waals surface area contributed by atoms with Gasteiger partial charge in [0.25, 0.3) is 5.56 Å². The summed E-state index contributed by atoms with van der Waals surface area (Å²) < 4.78 is 15.5. The predicted octanol–water partition coefficient (Wildman–Crippen LogP) is 2.82. The van der Waals surface area contributed by atoms with Crippen LogP contribution in [0.25, 0.3) is 0 Å². The van der Waals surface area contributed by atoms with Gasteiger partial charge in [-0.25, -0.2) is 4.39 Å². The first-order chi connectivity index (χ1) is 9.90. The SMILES string of the molecule is Cn1c2c(cc(Cc3ccccc3F)c1=O)NCC2(C)C. The number of aromatic nitrogens is 1. The van der Waals surface area contributed by atoms with Crippen molar-refractivity contribution in [3.05, 3.63) is 63.3 Å². The molecule has 0 spiro atoms. The van der Waals surface area contributed by atoms with Gasteiger partial charge in [0.2, 0.25) is 0 Å². The minimum absolute atomic E-state index is 0.0474. The maximum absolute atomic E-state index is 13.8. The van der Waals surface area contributed by atoms with Crippen LogP contribution in [0.3, 0.4) is 0 Å². The summed E-state index contributed by atoms with van der Waals surface area (Å²) in [5.74, 6) is -0.270. The second-order valence-corrected chi connectivity index (χ2v) is 6.30. The Morgan fingerprint density at radius 2 is 2.00 bits per heavy atom. The normalized spacial score (nSPS) is 15.6. The number of nitrogens with one attached hydrogen (secondary N) is 1. The van der Waals surface area contributed by atoms with Crippen molar-refractivity contribution in [3.63, 3.8) is 0 Å². The molecule has 0 fully saturated rings. The third-order valence-electron chi connectivity index (χ3n) is 4.19. The lowest BCUT2D eigenvalue weighted by molar-refractivity contribution is 0.535. The van der Waals surface area contributed by atoms with E-state index in [1.807, 2.05) is 6.07 Å². The van der Waals surface area contributed by atoms with E-state index in [9.17, 15) is 9.18 Å². The van der Waals surface area contributed by atoms with Gasteiger partial charge in [-0.2, -0.15) is 0 Å². The standard InChI is InChI=1S/C17H19FN2O/c1-17(2)10-19-14-9-12(16(21)20(3)15(14)17)8-11-6-4-5-7-13(11)18/h4-7,9,19H,8,10H2,1-3H3. The van der Waals surface area contributed by atoms with Crippen LogP contribution in [-0.4, -0.2) is 11.1 Å². The van der Waals surface area contributed by atoms with Crippen LogP contribution >= 0.6 is 0 Å². The van der Waals surface area contributed by atoms with Crippen LogP contribution in [0, 0.1) is 5.82 Å². The van der Waals surface area contributed by atoms with Gasteiger partial charge in [-0.15, -0.1) is 0 Å². The van der Waals surface area contributed by atoms with Crippen LogP contribution in [0.1, 0.15) is 30.7 Å². The van der Waals surface area contributed by atoms with Crippen LogP contribution in [0.4, 0.5) is 10.1 Å². The summed E-state index contributed by atoms with van der Waals surface area (Å²) in [5, 5.41) is 3.35. The Hall–Kier alpha value is -2.10. The molecule has 3 rings (SSSR count). The molecular formula is C17H19FN2O. The molecule has 0 saturated heterocycles. The predicted molar refractivity (Wildman–Crippen MR) is 82.4 cm³/mol. The summed E-state index contributed by atoms with van der Waals surface area (Å²) in [7, 11) is 1.79. The zero-order valence-corrected chi connectivity index (χ0v) is 12.5. The quantitative estimate of drug-likeness (QED) is 0.921. The van der Waals surface area contributed by atoms with Crippen molar-refractivity contribution < 1.29 is 4.39 Å². The maximum atomic E-state index is 13.8. The molecule has 1 aliphatic heterocycles. The van der Waals surface area contributed by atoms with Crippen molar-refractivity contribution >= 4 is 5.69 Å². The van der Waals surface area contributed by atoms with Crippen molar-refractivity contribution in [3.8, 4) is 0 Å². The monoisotopic (exact) mass is 286 g/mol. The highest BCUT2D eigenvalue weighted by Crippen LogP contribution is 2.35. The van der Waals surface area contributed by atoms with Crippen LogP contribution in [-0.2, 0) is 18.9 Å². The van der Waals surface area contributed by atoms with Gasteiger partial charge < -0.3 is 9.88 Å². The number of rotatable bonds is 2. The van der Waals surface area contributed by atoms with Gasteiger partial charge in [-0.1, -0.05) is 32.0 Å². The Labute approximate surface area is 123 Å². The minimum Gasteiger partial charge on any atom is -0.383 e. The molecule has 1 aliphatic rings. The number of nitrogens with zero attached hydrogens (tertiary/aromatic N) is 1. The lowest BCUT2D eigenvalue weighted by Gasteiger charge is -2.20. The van der Waals surface area contributed by atoms with Gasteiger partial charge in [0.1, 0.15) is 5.82 Å². The number of pyridine rings is 1. The molecule has 2 aromatic rings. The van der Waals surface area contributed by atoms with Gasteiger partial charge in [0.15, 0.2) is 0 Å². The lowest BCUT2D eigenvalue weighted by Crippen LogP contribution is -2.30. The molecule has 2 heterocycles. The van der Waals surface area contributed by atoms with Gasteiger partial charge in [0, 0.05) is 31.0 Å². The highest BCUT2D eigenvalue weighted by atomic mass is 19.1. The average Bonchev–Trinajstić information content (AvgIpc) is 2.73. The summed E-state index contributed by atoms with van der Waals surface area (Å²) in [5.41, 5.74) is 3.05. The number of anilines is 1. The first-order valence-corrected chi connectivity index (χ1v) is 7.11. The Bertz CT molecular complexity index is 762. The molecule has 0 saturated carbocycles. The van der Waals surface area contributed by atoms with E-state index >= 15 is 0 Å². The molecule has 1 N–H and O–H groups in total. The summed E-state index contributed by atoms with van der Waals surface area (Å²) in [6.07, 6.45) is 0.314. The molecule has 0 unspecified atom stereocenters. The molecule has 0 radical (unpaired) electrons. The van der Waals surface area contributed by atoms with Crippen molar-refractivity contribution in [2.45, 2.75) is 25.7 Å². The highest BCUT2D eigenvalue weighted by Gasteiger charge is 2.33. The Balaban J connectivity index is 2.09. The minimum atomic E-state index is -0.270. The number of fused-ring (bicyclic) bond motifs is 1. The van der Waals surface area contributed by atoms with Crippen molar-refractivity contribution in [1.82, 2.24) is 4.57 Å². The topological polar surface area (TPSA) is 34.0 Å². The van der Waals surface area contributed by atoms with E-state index in [4.69, 9.17) is 0 Å². The average molecular weight is 286 g/mol. The van der Waals surface area contributed by atoms with Gasteiger partial charge >= 0.3 is 0 Å².